The van der Waals surface area contributed by atoms with Crippen molar-refractivity contribution in [3.63, 3.8) is 0 Å². The Labute approximate surface area is 494 Å². The Bertz CT molecular complexity index is 1890. The molecule has 0 bridgehead atoms. The molecule has 19 nitrogen and oxygen atoms in total. The lowest BCUT2D eigenvalue weighted by molar-refractivity contribution is -0.379. The van der Waals surface area contributed by atoms with E-state index >= 15 is 0 Å². The van der Waals surface area contributed by atoms with Gasteiger partial charge in [-0.25, -0.2) is 0 Å². The molecular weight excluding hydrogens is 1070 g/mol. The van der Waals surface area contributed by atoms with E-state index in [4.69, 9.17) is 28.4 Å². The van der Waals surface area contributed by atoms with Gasteiger partial charge in [-0.1, -0.05) is 175 Å². The summed E-state index contributed by atoms with van der Waals surface area (Å²) >= 11 is 0. The molecule has 3 fully saturated rings. The Balaban J connectivity index is 1.48. The first-order chi connectivity index (χ1) is 40.3. The summed E-state index contributed by atoms with van der Waals surface area (Å²) in [6.45, 7) is 1.53. The lowest BCUT2D eigenvalue weighted by Crippen LogP contribution is -2.66. The van der Waals surface area contributed by atoms with Gasteiger partial charge in [0.2, 0.25) is 5.91 Å². The average Bonchev–Trinajstić information content (AvgIpc) is 3.57. The maximum absolute atomic E-state index is 13.3. The van der Waals surface area contributed by atoms with Crippen molar-refractivity contribution in [3.8, 4) is 0 Å². The molecule has 1 amide bonds. The number of aliphatic hydroxyl groups is 11. The Morgan fingerprint density at radius 3 is 1.35 bits per heavy atom. The molecule has 0 aromatic rings. The molecule has 0 radical (unpaired) electrons. The van der Waals surface area contributed by atoms with Gasteiger partial charge >= 0.3 is 0 Å². The number of rotatable bonds is 44. The first-order valence-electron chi connectivity index (χ1n) is 31.0. The van der Waals surface area contributed by atoms with Crippen LogP contribution in [0.5, 0.6) is 0 Å². The lowest BCUT2D eigenvalue weighted by atomic mass is 9.96. The van der Waals surface area contributed by atoms with Crippen molar-refractivity contribution in [2.45, 2.75) is 272 Å². The molecule has 0 spiro atoms. The predicted octanol–water partition coefficient (Wildman–Crippen LogP) is 6.15. The zero-order valence-corrected chi connectivity index (χ0v) is 49.6. The first kappa shape index (κ1) is 74.0. The normalized spacial score (nSPS) is 30.1. The maximum atomic E-state index is 13.3. The van der Waals surface area contributed by atoms with Crippen molar-refractivity contribution in [2.24, 2.45) is 0 Å². The van der Waals surface area contributed by atoms with Crippen LogP contribution in [0.3, 0.4) is 0 Å². The van der Waals surface area contributed by atoms with Crippen LogP contribution in [-0.2, 0) is 33.2 Å². The minimum Gasteiger partial charge on any atom is -0.394 e. The topological polar surface area (TPSA) is 307 Å². The number of hydrogen-bond donors (Lipinski definition) is 12. The summed E-state index contributed by atoms with van der Waals surface area (Å²) in [5.74, 6) is -0.306. The van der Waals surface area contributed by atoms with E-state index in [-0.39, 0.29) is 18.9 Å². The molecular formula is C64H107NO18. The molecule has 83 heavy (non-hydrogen) atoms. The van der Waals surface area contributed by atoms with Crippen molar-refractivity contribution in [1.29, 1.82) is 0 Å². The number of aliphatic hydroxyl groups excluding tert-OH is 11. The van der Waals surface area contributed by atoms with Gasteiger partial charge in [0.1, 0.15) is 73.2 Å². The van der Waals surface area contributed by atoms with Crippen molar-refractivity contribution < 1.29 is 89.4 Å². The number of hydrogen-bond acceptors (Lipinski definition) is 18. The molecule has 0 aliphatic carbocycles. The average molecular weight is 1180 g/mol. The zero-order chi connectivity index (χ0) is 60.5. The van der Waals surface area contributed by atoms with E-state index in [1.165, 1.54) is 38.5 Å². The van der Waals surface area contributed by atoms with Gasteiger partial charge in [0.05, 0.1) is 38.6 Å². The molecule has 0 aromatic heterocycles. The summed E-state index contributed by atoms with van der Waals surface area (Å²) in [7, 11) is 0. The fourth-order valence-electron chi connectivity index (χ4n) is 9.80. The number of carbonyl (C=O) groups is 1. The lowest BCUT2D eigenvalue weighted by Gasteiger charge is -2.48. The second-order valence-electron chi connectivity index (χ2n) is 21.8. The standard InChI is InChI=1S/C64H107NO18/c1-3-5-7-9-11-13-15-17-18-19-20-21-22-23-24-25-26-27-28-30-32-34-36-38-40-42-52(70)65-47(48(69)41-39-37-35-33-31-29-16-14-12-10-8-6-4-2)46-78-62-58(76)55(73)60(50(44-67)80-62)83-64-59(77)56(74)61(51(45-68)81-64)82-63-57(75)54(72)53(71)49(43-66)79-63/h5,7,11,13,17-18,20-21,23-24,26-27,31,33,39,41,47-51,53-64,66-69,71-77H,3-4,6,8-10,12,14-16,19,22,25,28-30,32,34-38,40,42-46H2,1-2H3,(H,65,70)/b7-5-,13-11-,18-17-,21-20-,24-23-,27-26-,33-31+,41-39+. The van der Waals surface area contributed by atoms with E-state index < -0.39 is 124 Å². The molecule has 17 atom stereocenters. The highest BCUT2D eigenvalue weighted by atomic mass is 16.8. The summed E-state index contributed by atoms with van der Waals surface area (Å²) in [5.41, 5.74) is 0. The number of allylic oxidation sites excluding steroid dienone is 15. The molecule has 3 heterocycles. The molecule has 3 rings (SSSR count). The van der Waals surface area contributed by atoms with E-state index in [0.717, 1.165) is 96.3 Å². The van der Waals surface area contributed by atoms with Crippen molar-refractivity contribution in [2.75, 3.05) is 26.4 Å². The van der Waals surface area contributed by atoms with E-state index in [9.17, 15) is 61.0 Å². The minimum absolute atomic E-state index is 0.212. The summed E-state index contributed by atoms with van der Waals surface area (Å²) in [6, 6.07) is -1.00. The van der Waals surface area contributed by atoms with Crippen molar-refractivity contribution in [1.82, 2.24) is 5.32 Å². The Kier molecular flexibility index (Phi) is 40.9. The fourth-order valence-corrected chi connectivity index (χ4v) is 9.80. The first-order valence-corrected chi connectivity index (χ1v) is 31.0. The number of amides is 1. The van der Waals surface area contributed by atoms with Gasteiger partial charge in [0, 0.05) is 6.42 Å². The highest BCUT2D eigenvalue weighted by Gasteiger charge is 2.53. The third kappa shape index (κ3) is 29.3. The summed E-state index contributed by atoms with van der Waals surface area (Å²) in [6.07, 6.45) is 31.0. The van der Waals surface area contributed by atoms with E-state index in [1.807, 2.05) is 6.08 Å². The molecule has 0 aromatic carbocycles. The summed E-state index contributed by atoms with van der Waals surface area (Å²) in [5, 5.41) is 120. The molecule has 3 saturated heterocycles. The Hall–Kier alpha value is -3.29. The van der Waals surface area contributed by atoms with Gasteiger partial charge in [-0.3, -0.25) is 4.79 Å². The van der Waals surface area contributed by atoms with Crippen LogP contribution in [0.25, 0.3) is 0 Å². The van der Waals surface area contributed by atoms with Crippen LogP contribution in [-0.4, -0.2) is 193 Å². The molecule has 3 aliphatic heterocycles. The third-order valence-electron chi connectivity index (χ3n) is 14.9. The van der Waals surface area contributed by atoms with E-state index in [2.05, 4.69) is 104 Å². The summed E-state index contributed by atoms with van der Waals surface area (Å²) < 4.78 is 34.2. The number of nitrogens with one attached hydrogen (secondary N) is 1. The smallest absolute Gasteiger partial charge is 0.220 e. The summed E-state index contributed by atoms with van der Waals surface area (Å²) in [4.78, 5) is 13.3. The predicted molar refractivity (Wildman–Crippen MR) is 318 cm³/mol. The quantitative estimate of drug-likeness (QED) is 0.0241. The number of unbranched alkanes of at least 4 members (excludes halogenated alkanes) is 14. The van der Waals surface area contributed by atoms with Gasteiger partial charge in [-0.15, -0.1) is 0 Å². The van der Waals surface area contributed by atoms with Crippen LogP contribution in [0.15, 0.2) is 97.2 Å². The second-order valence-corrected chi connectivity index (χ2v) is 21.8. The van der Waals surface area contributed by atoms with Gasteiger partial charge in [-0.2, -0.15) is 0 Å². The van der Waals surface area contributed by atoms with Gasteiger partial charge < -0.3 is 89.9 Å². The van der Waals surface area contributed by atoms with Crippen LogP contribution in [0.1, 0.15) is 168 Å². The van der Waals surface area contributed by atoms with Gasteiger partial charge in [-0.05, 0) is 83.5 Å². The zero-order valence-electron chi connectivity index (χ0n) is 49.6. The minimum atomic E-state index is -1.99. The molecule has 3 aliphatic rings. The van der Waals surface area contributed by atoms with Gasteiger partial charge in [0.15, 0.2) is 18.9 Å². The molecule has 12 N–H and O–H groups in total. The second kappa shape index (κ2) is 45.9. The van der Waals surface area contributed by atoms with Gasteiger partial charge in [0.25, 0.3) is 0 Å². The number of ether oxygens (including phenoxy) is 6. The fraction of sp³-hybridized carbons (Fsp3) is 0.734. The van der Waals surface area contributed by atoms with Crippen LogP contribution in [0.4, 0.5) is 0 Å². The highest BCUT2D eigenvalue weighted by Crippen LogP contribution is 2.33. The Morgan fingerprint density at radius 1 is 0.446 bits per heavy atom. The molecule has 17 unspecified atom stereocenters. The third-order valence-corrected chi connectivity index (χ3v) is 14.9. The highest BCUT2D eigenvalue weighted by molar-refractivity contribution is 5.76. The molecule has 476 valence electrons. The molecule has 0 saturated carbocycles. The molecule has 19 heteroatoms. The number of carbonyl (C=O) groups excluding carboxylic acids is 1. The monoisotopic (exact) mass is 1180 g/mol. The van der Waals surface area contributed by atoms with E-state index in [1.54, 1.807) is 6.08 Å². The van der Waals surface area contributed by atoms with E-state index in [0.29, 0.717) is 12.8 Å². The van der Waals surface area contributed by atoms with Crippen molar-refractivity contribution >= 4 is 5.91 Å². The van der Waals surface area contributed by atoms with Crippen LogP contribution >= 0.6 is 0 Å². The van der Waals surface area contributed by atoms with Crippen LogP contribution in [0.2, 0.25) is 0 Å². The Morgan fingerprint density at radius 2 is 0.843 bits per heavy atom. The maximum Gasteiger partial charge on any atom is 0.220 e. The van der Waals surface area contributed by atoms with Crippen LogP contribution < -0.4 is 5.32 Å². The van der Waals surface area contributed by atoms with Crippen LogP contribution in [0, 0.1) is 0 Å². The van der Waals surface area contributed by atoms with Crippen molar-refractivity contribution in [3.05, 3.63) is 97.2 Å². The SMILES string of the molecule is CC/C=C\C/C=C\C/C=C\C/C=C\C/C=C\C/C=C\CCCCCCCCC(=O)NC(COC1OC(CO)C(OC2OC(CO)C(OC3OC(CO)C(O)C(O)C3O)C(O)C2O)C(O)C1O)C(O)/C=C/CC/C=C/CCCCCCCCC. The largest absolute Gasteiger partial charge is 0.394 e.